The largest absolute Gasteiger partial charge is 0.370 e. The van der Waals surface area contributed by atoms with Gasteiger partial charge in [-0.15, -0.1) is 0 Å². The first kappa shape index (κ1) is 18.5. The number of carbonyl (C=O) groups is 1. The molecule has 1 amide bonds. The van der Waals surface area contributed by atoms with E-state index < -0.39 is 0 Å². The van der Waals surface area contributed by atoms with E-state index in [1.54, 1.807) is 6.20 Å². The lowest BCUT2D eigenvalue weighted by Crippen LogP contribution is -2.43. The lowest BCUT2D eigenvalue weighted by atomic mass is 9.99. The number of H-pyrrole nitrogens is 1. The van der Waals surface area contributed by atoms with Crippen molar-refractivity contribution in [3.8, 4) is 0 Å². The van der Waals surface area contributed by atoms with Crippen LogP contribution in [0.1, 0.15) is 48.5 Å². The van der Waals surface area contributed by atoms with Crippen molar-refractivity contribution in [1.82, 2.24) is 14.9 Å². The molecule has 4 rings (SSSR count). The van der Waals surface area contributed by atoms with Gasteiger partial charge in [-0.25, -0.2) is 4.98 Å². The molecule has 5 nitrogen and oxygen atoms in total. The molecule has 0 spiro atoms. The van der Waals surface area contributed by atoms with Gasteiger partial charge in [0, 0.05) is 42.4 Å². The molecule has 2 aromatic heterocycles. The summed E-state index contributed by atoms with van der Waals surface area (Å²) < 4.78 is 0. The normalized spacial score (nSPS) is 17.0. The van der Waals surface area contributed by atoms with E-state index in [2.05, 4.69) is 46.6 Å². The molecule has 0 bridgehead atoms. The number of nitrogens with one attached hydrogen (secondary N) is 2. The number of anilines is 1. The standard InChI is InChI=1S/C23H28N4O/c1-2-19-7-5-6-14-27(19)23(28)18-10-11-22(26-16-18)24-13-12-17-15-25-21-9-4-3-8-20(17)21/h3-4,8-11,15-16,19,25H,2,5-7,12-14H2,1H3,(H,24,26). The minimum atomic E-state index is 0.115. The van der Waals surface area contributed by atoms with Crippen LogP contribution in [0.25, 0.3) is 10.9 Å². The fourth-order valence-corrected chi connectivity index (χ4v) is 4.15. The average Bonchev–Trinajstić information content (AvgIpc) is 3.17. The highest BCUT2D eigenvalue weighted by atomic mass is 16.2. The summed E-state index contributed by atoms with van der Waals surface area (Å²) in [7, 11) is 0. The Morgan fingerprint density at radius 3 is 2.96 bits per heavy atom. The van der Waals surface area contributed by atoms with Crippen molar-refractivity contribution in [1.29, 1.82) is 0 Å². The van der Waals surface area contributed by atoms with E-state index in [1.807, 2.05) is 23.1 Å². The number of para-hydroxylation sites is 1. The zero-order chi connectivity index (χ0) is 19.3. The highest BCUT2D eigenvalue weighted by molar-refractivity contribution is 5.94. The van der Waals surface area contributed by atoms with Crippen LogP contribution in [-0.4, -0.2) is 39.9 Å². The number of aromatic amines is 1. The number of piperidine rings is 1. The van der Waals surface area contributed by atoms with Crippen molar-refractivity contribution < 1.29 is 4.79 Å². The molecule has 2 N–H and O–H groups in total. The predicted octanol–water partition coefficient (Wildman–Crippen LogP) is 4.62. The van der Waals surface area contributed by atoms with Gasteiger partial charge in [-0.2, -0.15) is 0 Å². The smallest absolute Gasteiger partial charge is 0.255 e. The van der Waals surface area contributed by atoms with Crippen LogP contribution in [0.3, 0.4) is 0 Å². The zero-order valence-corrected chi connectivity index (χ0v) is 16.4. The molecule has 146 valence electrons. The lowest BCUT2D eigenvalue weighted by molar-refractivity contribution is 0.0607. The average molecular weight is 377 g/mol. The fourth-order valence-electron chi connectivity index (χ4n) is 4.15. The Balaban J connectivity index is 1.35. The summed E-state index contributed by atoms with van der Waals surface area (Å²) in [5.41, 5.74) is 3.15. The van der Waals surface area contributed by atoms with Gasteiger partial charge in [0.1, 0.15) is 5.82 Å². The van der Waals surface area contributed by atoms with Gasteiger partial charge in [-0.05, 0) is 55.9 Å². The SMILES string of the molecule is CCC1CCCCN1C(=O)c1ccc(NCCc2c[nH]c3ccccc23)nc1. The number of carbonyl (C=O) groups excluding carboxylic acids is 1. The molecule has 1 atom stereocenters. The van der Waals surface area contributed by atoms with Gasteiger partial charge in [0.15, 0.2) is 0 Å². The molecule has 1 saturated heterocycles. The molecule has 5 heteroatoms. The van der Waals surface area contributed by atoms with Crippen molar-refractivity contribution in [3.05, 3.63) is 59.9 Å². The van der Waals surface area contributed by atoms with Gasteiger partial charge in [0.2, 0.25) is 0 Å². The second-order valence-corrected chi connectivity index (χ2v) is 7.52. The third-order valence-electron chi connectivity index (χ3n) is 5.75. The number of nitrogens with zero attached hydrogens (tertiary/aromatic N) is 2. The van der Waals surface area contributed by atoms with Gasteiger partial charge < -0.3 is 15.2 Å². The molecule has 0 saturated carbocycles. The monoisotopic (exact) mass is 376 g/mol. The Kier molecular flexibility index (Phi) is 5.60. The minimum Gasteiger partial charge on any atom is -0.370 e. The third-order valence-corrected chi connectivity index (χ3v) is 5.75. The van der Waals surface area contributed by atoms with Gasteiger partial charge in [-0.3, -0.25) is 4.79 Å². The summed E-state index contributed by atoms with van der Waals surface area (Å²) in [6.45, 7) is 3.82. The van der Waals surface area contributed by atoms with Crippen LogP contribution < -0.4 is 5.32 Å². The molecule has 3 aromatic rings. The molecule has 1 aromatic carbocycles. The molecule has 1 unspecified atom stereocenters. The summed E-state index contributed by atoms with van der Waals surface area (Å²) >= 11 is 0. The van der Waals surface area contributed by atoms with E-state index in [0.717, 1.165) is 44.6 Å². The first-order valence-electron chi connectivity index (χ1n) is 10.3. The fraction of sp³-hybridized carbons (Fsp3) is 0.391. The minimum absolute atomic E-state index is 0.115. The summed E-state index contributed by atoms with van der Waals surface area (Å²) in [5, 5.41) is 4.63. The number of amides is 1. The number of likely N-dealkylation sites (tertiary alicyclic amines) is 1. The zero-order valence-electron chi connectivity index (χ0n) is 16.4. The van der Waals surface area contributed by atoms with E-state index in [1.165, 1.54) is 22.9 Å². The number of hydrogen-bond acceptors (Lipinski definition) is 3. The Hall–Kier alpha value is -2.82. The maximum absolute atomic E-state index is 12.8. The van der Waals surface area contributed by atoms with E-state index in [-0.39, 0.29) is 5.91 Å². The molecule has 28 heavy (non-hydrogen) atoms. The second kappa shape index (κ2) is 8.46. The van der Waals surface area contributed by atoms with Crippen molar-refractivity contribution in [3.63, 3.8) is 0 Å². The van der Waals surface area contributed by atoms with E-state index in [4.69, 9.17) is 0 Å². The third kappa shape index (κ3) is 3.88. The number of rotatable bonds is 6. The van der Waals surface area contributed by atoms with Crippen molar-refractivity contribution in [2.75, 3.05) is 18.4 Å². The highest BCUT2D eigenvalue weighted by Gasteiger charge is 2.26. The highest BCUT2D eigenvalue weighted by Crippen LogP contribution is 2.22. The van der Waals surface area contributed by atoms with Crippen LogP contribution in [-0.2, 0) is 6.42 Å². The van der Waals surface area contributed by atoms with E-state index in [0.29, 0.717) is 11.6 Å². The maximum Gasteiger partial charge on any atom is 0.255 e. The molecular weight excluding hydrogens is 348 g/mol. The maximum atomic E-state index is 12.8. The van der Waals surface area contributed by atoms with Crippen LogP contribution in [0.2, 0.25) is 0 Å². The molecule has 0 radical (unpaired) electrons. The molecule has 1 aliphatic rings. The van der Waals surface area contributed by atoms with E-state index >= 15 is 0 Å². The van der Waals surface area contributed by atoms with Gasteiger partial charge in [0.05, 0.1) is 5.56 Å². The summed E-state index contributed by atoms with van der Waals surface area (Å²) in [4.78, 5) is 22.6. The predicted molar refractivity (Wildman–Crippen MR) is 114 cm³/mol. The number of fused-ring (bicyclic) bond motifs is 1. The number of pyridine rings is 1. The van der Waals surface area contributed by atoms with Gasteiger partial charge in [-0.1, -0.05) is 25.1 Å². The van der Waals surface area contributed by atoms with Crippen LogP contribution in [0.15, 0.2) is 48.8 Å². The Morgan fingerprint density at radius 2 is 2.14 bits per heavy atom. The Bertz CT molecular complexity index is 931. The van der Waals surface area contributed by atoms with Gasteiger partial charge >= 0.3 is 0 Å². The van der Waals surface area contributed by atoms with Crippen LogP contribution in [0.5, 0.6) is 0 Å². The Morgan fingerprint density at radius 1 is 1.25 bits per heavy atom. The topological polar surface area (TPSA) is 61.0 Å². The van der Waals surface area contributed by atoms with Crippen molar-refractivity contribution in [2.45, 2.75) is 45.1 Å². The lowest BCUT2D eigenvalue weighted by Gasteiger charge is -2.35. The number of benzene rings is 1. The van der Waals surface area contributed by atoms with Crippen LogP contribution in [0.4, 0.5) is 5.82 Å². The quantitative estimate of drug-likeness (QED) is 0.660. The van der Waals surface area contributed by atoms with Crippen molar-refractivity contribution >= 4 is 22.6 Å². The second-order valence-electron chi connectivity index (χ2n) is 7.52. The first-order valence-corrected chi connectivity index (χ1v) is 10.3. The first-order chi connectivity index (χ1) is 13.8. The summed E-state index contributed by atoms with van der Waals surface area (Å²) in [5.74, 6) is 0.923. The Labute approximate surface area is 166 Å². The number of aromatic nitrogens is 2. The molecule has 3 heterocycles. The van der Waals surface area contributed by atoms with Crippen molar-refractivity contribution in [2.24, 2.45) is 0 Å². The summed E-state index contributed by atoms with van der Waals surface area (Å²) in [6.07, 6.45) is 9.15. The molecule has 1 fully saturated rings. The summed E-state index contributed by atoms with van der Waals surface area (Å²) in [6, 6.07) is 12.5. The molecule has 1 aliphatic heterocycles. The van der Waals surface area contributed by atoms with Gasteiger partial charge in [0.25, 0.3) is 5.91 Å². The molecular formula is C23H28N4O. The van der Waals surface area contributed by atoms with Crippen LogP contribution >= 0.6 is 0 Å². The molecule has 0 aliphatic carbocycles. The number of hydrogen-bond donors (Lipinski definition) is 2. The van der Waals surface area contributed by atoms with E-state index in [9.17, 15) is 4.79 Å². The van der Waals surface area contributed by atoms with Crippen LogP contribution in [0, 0.1) is 0 Å².